The lowest BCUT2D eigenvalue weighted by atomic mass is 10.00. The van der Waals surface area contributed by atoms with E-state index in [1.807, 2.05) is 33.2 Å². The average Bonchev–Trinajstić information content (AvgIpc) is 2.84. The highest BCUT2D eigenvalue weighted by Gasteiger charge is 2.37. The quantitative estimate of drug-likeness (QED) is 0.802. The van der Waals surface area contributed by atoms with Crippen LogP contribution >= 0.6 is 0 Å². The molecule has 6 heteroatoms. The van der Waals surface area contributed by atoms with Crippen molar-refractivity contribution in [1.29, 1.82) is 0 Å². The normalized spacial score (nSPS) is 18.6. The Bertz CT molecular complexity index is 471. The second kappa shape index (κ2) is 5.93. The van der Waals surface area contributed by atoms with Crippen LogP contribution in [-0.2, 0) is 22.6 Å². The molecule has 0 radical (unpaired) electrons. The first-order valence-electron chi connectivity index (χ1n) is 7.03. The summed E-state index contributed by atoms with van der Waals surface area (Å²) < 4.78 is 7.12. The number of hydrogen-bond acceptors (Lipinski definition) is 5. The first-order valence-corrected chi connectivity index (χ1v) is 7.03. The molecule has 2 heterocycles. The number of hydrogen-bond donors (Lipinski definition) is 1. The molecule has 1 aromatic heterocycles. The number of fused-ring (bicyclic) bond motifs is 1. The summed E-state index contributed by atoms with van der Waals surface area (Å²) >= 11 is 0. The number of carbonyl (C=O) groups is 1. The van der Waals surface area contributed by atoms with E-state index in [1.54, 1.807) is 0 Å². The van der Waals surface area contributed by atoms with Crippen LogP contribution in [0.4, 0.5) is 0 Å². The second-order valence-electron chi connectivity index (χ2n) is 5.87. The van der Waals surface area contributed by atoms with Gasteiger partial charge in [0.1, 0.15) is 11.4 Å². The summed E-state index contributed by atoms with van der Waals surface area (Å²) in [6.45, 7) is 9.17. The highest BCUT2D eigenvalue weighted by Crippen LogP contribution is 2.16. The maximum atomic E-state index is 12.1. The summed E-state index contributed by atoms with van der Waals surface area (Å²) in [4.78, 5) is 18.7. The molecule has 0 bridgehead atoms. The molecule has 0 spiro atoms. The zero-order chi connectivity index (χ0) is 14.8. The van der Waals surface area contributed by atoms with E-state index in [1.165, 1.54) is 7.11 Å². The third kappa shape index (κ3) is 3.19. The van der Waals surface area contributed by atoms with Gasteiger partial charge in [0.05, 0.1) is 13.7 Å². The molecule has 2 rings (SSSR count). The van der Waals surface area contributed by atoms with E-state index >= 15 is 0 Å². The van der Waals surface area contributed by atoms with E-state index < -0.39 is 5.54 Å². The lowest BCUT2D eigenvalue weighted by Crippen LogP contribution is -2.60. The van der Waals surface area contributed by atoms with Crippen LogP contribution in [0.3, 0.4) is 0 Å². The first-order chi connectivity index (χ1) is 9.44. The monoisotopic (exact) mass is 280 g/mol. The molecule has 0 saturated heterocycles. The molecule has 1 unspecified atom stereocenters. The number of carbonyl (C=O) groups excluding carboxylic acids is 1. The second-order valence-corrected chi connectivity index (χ2v) is 5.87. The maximum Gasteiger partial charge on any atom is 0.327 e. The Morgan fingerprint density at radius 1 is 1.55 bits per heavy atom. The van der Waals surface area contributed by atoms with Gasteiger partial charge in [0.2, 0.25) is 0 Å². The van der Waals surface area contributed by atoms with Crippen molar-refractivity contribution in [3.63, 3.8) is 0 Å². The predicted octanol–water partition coefficient (Wildman–Crippen LogP) is 0.628. The molecule has 112 valence electrons. The van der Waals surface area contributed by atoms with Crippen LogP contribution in [0.2, 0.25) is 0 Å². The molecule has 0 aromatic carbocycles. The molecular formula is C14H24N4O2. The number of nitrogens with one attached hydrogen (secondary N) is 1. The van der Waals surface area contributed by atoms with Crippen LogP contribution < -0.4 is 5.32 Å². The molecule has 1 N–H and O–H groups in total. The summed E-state index contributed by atoms with van der Waals surface area (Å²) in [7, 11) is 1.44. The van der Waals surface area contributed by atoms with Crippen molar-refractivity contribution in [3.05, 3.63) is 18.2 Å². The van der Waals surface area contributed by atoms with Crippen molar-refractivity contribution in [2.75, 3.05) is 20.2 Å². The molecule has 1 aliphatic rings. The third-order valence-electron chi connectivity index (χ3n) is 3.61. The SMILES string of the molecule is COC(=O)C(C)(CN1CCn2ccnc2C1)NC(C)C. The number of rotatable bonds is 5. The largest absolute Gasteiger partial charge is 0.468 e. The summed E-state index contributed by atoms with van der Waals surface area (Å²) in [5.74, 6) is 0.827. The highest BCUT2D eigenvalue weighted by molar-refractivity contribution is 5.80. The Balaban J connectivity index is 2.07. The summed E-state index contributed by atoms with van der Waals surface area (Å²) in [5.41, 5.74) is -0.697. The van der Waals surface area contributed by atoms with Gasteiger partial charge in [-0.05, 0) is 20.8 Å². The van der Waals surface area contributed by atoms with E-state index in [2.05, 4.69) is 19.8 Å². The van der Waals surface area contributed by atoms with Gasteiger partial charge in [-0.25, -0.2) is 4.98 Å². The Morgan fingerprint density at radius 2 is 2.30 bits per heavy atom. The molecule has 1 aliphatic heterocycles. The van der Waals surface area contributed by atoms with Crippen LogP contribution in [-0.4, -0.2) is 52.2 Å². The van der Waals surface area contributed by atoms with Crippen LogP contribution in [0.15, 0.2) is 12.4 Å². The predicted molar refractivity (Wildman–Crippen MR) is 76.2 cm³/mol. The lowest BCUT2D eigenvalue weighted by Gasteiger charge is -2.37. The third-order valence-corrected chi connectivity index (χ3v) is 3.61. The van der Waals surface area contributed by atoms with Crippen molar-refractivity contribution in [2.45, 2.75) is 45.4 Å². The fraction of sp³-hybridized carbons (Fsp3) is 0.714. The average molecular weight is 280 g/mol. The smallest absolute Gasteiger partial charge is 0.327 e. The van der Waals surface area contributed by atoms with E-state index in [-0.39, 0.29) is 12.0 Å². The zero-order valence-corrected chi connectivity index (χ0v) is 12.7. The van der Waals surface area contributed by atoms with E-state index in [9.17, 15) is 4.79 Å². The van der Waals surface area contributed by atoms with Gasteiger partial charge >= 0.3 is 5.97 Å². The molecule has 20 heavy (non-hydrogen) atoms. The molecular weight excluding hydrogens is 256 g/mol. The maximum absolute atomic E-state index is 12.1. The molecule has 0 saturated carbocycles. The van der Waals surface area contributed by atoms with Crippen LogP contribution in [0.25, 0.3) is 0 Å². The van der Waals surface area contributed by atoms with Gasteiger partial charge in [-0.1, -0.05) is 0 Å². The fourth-order valence-corrected chi connectivity index (χ4v) is 2.84. The van der Waals surface area contributed by atoms with Gasteiger partial charge in [-0.3, -0.25) is 15.0 Å². The minimum Gasteiger partial charge on any atom is -0.468 e. The molecule has 0 fully saturated rings. The standard InChI is InChI=1S/C14H24N4O2/c1-11(2)16-14(3,13(19)20-4)10-17-7-8-18-6-5-15-12(18)9-17/h5-6,11,16H,7-10H2,1-4H3. The molecule has 0 amide bonds. The Morgan fingerprint density at radius 3 is 2.95 bits per heavy atom. The number of imidazole rings is 1. The Kier molecular flexibility index (Phi) is 4.45. The summed E-state index contributed by atoms with van der Waals surface area (Å²) in [5, 5.41) is 3.33. The van der Waals surface area contributed by atoms with E-state index in [4.69, 9.17) is 4.74 Å². The summed E-state index contributed by atoms with van der Waals surface area (Å²) in [6, 6.07) is 0.214. The van der Waals surface area contributed by atoms with Gasteiger partial charge in [-0.15, -0.1) is 0 Å². The van der Waals surface area contributed by atoms with Gasteiger partial charge in [0.15, 0.2) is 0 Å². The molecule has 0 aliphatic carbocycles. The number of aromatic nitrogens is 2. The number of ether oxygens (including phenoxy) is 1. The van der Waals surface area contributed by atoms with Gasteiger partial charge in [0, 0.05) is 38.1 Å². The van der Waals surface area contributed by atoms with Gasteiger partial charge in [0.25, 0.3) is 0 Å². The topological polar surface area (TPSA) is 59.4 Å². The Labute approximate surface area is 120 Å². The molecule has 6 nitrogen and oxygen atoms in total. The van der Waals surface area contributed by atoms with Crippen LogP contribution in [0, 0.1) is 0 Å². The minimum absolute atomic E-state index is 0.214. The highest BCUT2D eigenvalue weighted by atomic mass is 16.5. The lowest BCUT2D eigenvalue weighted by molar-refractivity contribution is -0.149. The molecule has 1 aromatic rings. The molecule has 1 atom stereocenters. The van der Waals surface area contributed by atoms with Gasteiger partial charge in [-0.2, -0.15) is 0 Å². The van der Waals surface area contributed by atoms with Crippen LogP contribution in [0.5, 0.6) is 0 Å². The van der Waals surface area contributed by atoms with Crippen molar-refractivity contribution in [1.82, 2.24) is 19.8 Å². The Hall–Kier alpha value is -1.40. The van der Waals surface area contributed by atoms with Gasteiger partial charge < -0.3 is 9.30 Å². The van der Waals surface area contributed by atoms with Crippen molar-refractivity contribution in [3.8, 4) is 0 Å². The fourth-order valence-electron chi connectivity index (χ4n) is 2.84. The number of esters is 1. The van der Waals surface area contributed by atoms with Crippen molar-refractivity contribution < 1.29 is 9.53 Å². The minimum atomic E-state index is -0.697. The van der Waals surface area contributed by atoms with Crippen molar-refractivity contribution in [2.24, 2.45) is 0 Å². The van der Waals surface area contributed by atoms with Crippen molar-refractivity contribution >= 4 is 5.97 Å². The summed E-state index contributed by atoms with van der Waals surface area (Å²) in [6.07, 6.45) is 3.82. The van der Waals surface area contributed by atoms with E-state index in [0.717, 1.165) is 25.5 Å². The zero-order valence-electron chi connectivity index (χ0n) is 12.7. The first kappa shape index (κ1) is 15.0. The van der Waals surface area contributed by atoms with E-state index in [0.29, 0.717) is 6.54 Å². The number of nitrogens with zero attached hydrogens (tertiary/aromatic N) is 3. The van der Waals surface area contributed by atoms with Crippen LogP contribution in [0.1, 0.15) is 26.6 Å². The number of methoxy groups -OCH3 is 1.